The van der Waals surface area contributed by atoms with Gasteiger partial charge in [-0.2, -0.15) is 26.3 Å². The third kappa shape index (κ3) is 3.43. The van der Waals surface area contributed by atoms with E-state index in [1.165, 1.54) is 0 Å². The predicted octanol–water partition coefficient (Wildman–Crippen LogP) is 4.25. The lowest BCUT2D eigenvalue weighted by atomic mass is 9.90. The van der Waals surface area contributed by atoms with E-state index in [2.05, 4.69) is 11.3 Å². The molecule has 0 aliphatic heterocycles. The molecule has 0 radical (unpaired) electrons. The van der Waals surface area contributed by atoms with Gasteiger partial charge in [-0.15, -0.1) is 0 Å². The number of alkyl halides is 11. The average molecular weight is 382 g/mol. The molecule has 2 nitrogen and oxygen atoms in total. The van der Waals surface area contributed by atoms with Crippen LogP contribution < -0.4 is 0 Å². The molecule has 142 valence electrons. The van der Waals surface area contributed by atoms with E-state index in [-0.39, 0.29) is 0 Å². The quantitative estimate of drug-likeness (QED) is 0.357. The number of hydrogen-bond acceptors (Lipinski definition) is 2. The lowest BCUT2D eigenvalue weighted by Gasteiger charge is -2.39. The molecule has 0 heterocycles. The largest absolute Gasteiger partial charge is 0.458 e. The highest BCUT2D eigenvalue weighted by atomic mass is 19.4. The van der Waals surface area contributed by atoms with Crippen LogP contribution in [0.1, 0.15) is 6.92 Å². The number of esters is 1. The highest BCUT2D eigenvalue weighted by Crippen LogP contribution is 2.55. The predicted molar refractivity (Wildman–Crippen MR) is 56.5 cm³/mol. The minimum Gasteiger partial charge on any atom is -0.458 e. The Kier molecular flexibility index (Phi) is 6.31. The SMILES string of the molecule is C=C(C)C(=O)OCC(F)(C(F)F)C(F)(F)C(F)(F)C(F)(F)C(F)F. The molecule has 24 heavy (non-hydrogen) atoms. The third-order valence-corrected chi connectivity index (χ3v) is 2.72. The van der Waals surface area contributed by atoms with E-state index in [0.717, 1.165) is 6.92 Å². The number of ether oxygens (including phenoxy) is 1. The molecule has 0 saturated carbocycles. The monoisotopic (exact) mass is 382 g/mol. The summed E-state index contributed by atoms with van der Waals surface area (Å²) in [6, 6.07) is 0. The highest BCUT2D eigenvalue weighted by Gasteiger charge is 2.84. The van der Waals surface area contributed by atoms with Gasteiger partial charge in [0.15, 0.2) is 0 Å². The van der Waals surface area contributed by atoms with Crippen molar-refractivity contribution in [3.8, 4) is 0 Å². The Labute approximate surface area is 127 Å². The van der Waals surface area contributed by atoms with Crippen LogP contribution in [0.4, 0.5) is 48.3 Å². The summed E-state index contributed by atoms with van der Waals surface area (Å²) >= 11 is 0. The summed E-state index contributed by atoms with van der Waals surface area (Å²) in [6.07, 6.45) is -10.5. The third-order valence-electron chi connectivity index (χ3n) is 2.72. The van der Waals surface area contributed by atoms with Crippen LogP contribution in [-0.4, -0.2) is 48.9 Å². The topological polar surface area (TPSA) is 26.3 Å². The van der Waals surface area contributed by atoms with Crippen LogP contribution in [0.3, 0.4) is 0 Å². The van der Waals surface area contributed by atoms with Crippen molar-refractivity contribution >= 4 is 5.97 Å². The zero-order valence-corrected chi connectivity index (χ0v) is 11.5. The maximum Gasteiger partial charge on any atom is 0.381 e. The van der Waals surface area contributed by atoms with Crippen LogP contribution >= 0.6 is 0 Å². The van der Waals surface area contributed by atoms with Crippen LogP contribution in [0.2, 0.25) is 0 Å². The molecule has 1 atom stereocenters. The van der Waals surface area contributed by atoms with Crippen LogP contribution in [0.5, 0.6) is 0 Å². The second-order valence-electron chi connectivity index (χ2n) is 4.59. The Hall–Kier alpha value is -1.56. The molecule has 0 fully saturated rings. The maximum absolute atomic E-state index is 13.7. The van der Waals surface area contributed by atoms with E-state index in [4.69, 9.17) is 0 Å². The van der Waals surface area contributed by atoms with Crippen molar-refractivity contribution in [3.05, 3.63) is 12.2 Å². The molecule has 0 aromatic rings. The molecule has 13 heteroatoms. The Bertz CT molecular complexity index is 488. The first-order chi connectivity index (χ1) is 10.5. The highest BCUT2D eigenvalue weighted by molar-refractivity contribution is 5.86. The molecule has 0 aromatic heterocycles. The summed E-state index contributed by atoms with van der Waals surface area (Å²) in [4.78, 5) is 10.9. The van der Waals surface area contributed by atoms with Crippen molar-refractivity contribution < 1.29 is 57.8 Å². The number of hydrogen-bond donors (Lipinski definition) is 0. The van der Waals surface area contributed by atoms with Gasteiger partial charge in [-0.05, 0) is 6.92 Å². The smallest absolute Gasteiger partial charge is 0.381 e. The standard InChI is InChI=1S/C11H9F11O2/c1-4(2)5(23)24-3-8(16,6(12)13)10(19,20)11(21,22)9(17,18)7(14)15/h6-7H,1,3H2,2H3. The molecule has 0 amide bonds. The fourth-order valence-electron chi connectivity index (χ4n) is 1.19. The number of rotatable bonds is 8. The molecular weight excluding hydrogens is 373 g/mol. The van der Waals surface area contributed by atoms with Crippen molar-refractivity contribution in [2.75, 3.05) is 6.61 Å². The van der Waals surface area contributed by atoms with Crippen LogP contribution in [0.25, 0.3) is 0 Å². The van der Waals surface area contributed by atoms with Gasteiger partial charge in [0.1, 0.15) is 6.61 Å². The molecule has 0 aliphatic carbocycles. The van der Waals surface area contributed by atoms with Crippen LogP contribution in [0, 0.1) is 0 Å². The molecule has 0 N–H and O–H groups in total. The van der Waals surface area contributed by atoms with E-state index in [1.807, 2.05) is 0 Å². The Morgan fingerprint density at radius 3 is 1.62 bits per heavy atom. The molecule has 0 spiro atoms. The van der Waals surface area contributed by atoms with Crippen molar-refractivity contribution in [3.63, 3.8) is 0 Å². The molecule has 0 rings (SSSR count). The van der Waals surface area contributed by atoms with Gasteiger partial charge in [0.2, 0.25) is 0 Å². The fraction of sp³-hybridized carbons (Fsp3) is 0.727. The zero-order valence-electron chi connectivity index (χ0n) is 11.5. The molecular formula is C11H9F11O2. The van der Waals surface area contributed by atoms with Gasteiger partial charge in [0.25, 0.3) is 12.1 Å². The van der Waals surface area contributed by atoms with Gasteiger partial charge in [-0.3, -0.25) is 0 Å². The fourth-order valence-corrected chi connectivity index (χ4v) is 1.19. The van der Waals surface area contributed by atoms with Crippen molar-refractivity contribution in [1.82, 2.24) is 0 Å². The second kappa shape index (κ2) is 6.75. The Balaban J connectivity index is 5.94. The number of carbonyl (C=O) groups excluding carboxylic acids is 1. The van der Waals surface area contributed by atoms with Crippen LogP contribution in [-0.2, 0) is 9.53 Å². The lowest BCUT2D eigenvalue weighted by molar-refractivity contribution is -0.378. The van der Waals surface area contributed by atoms with E-state index in [9.17, 15) is 53.1 Å². The van der Waals surface area contributed by atoms with E-state index in [1.54, 1.807) is 0 Å². The number of halogens is 11. The summed E-state index contributed by atoms with van der Waals surface area (Å²) in [6.45, 7) is 0.863. The van der Waals surface area contributed by atoms with E-state index < -0.39 is 54.4 Å². The Morgan fingerprint density at radius 1 is 0.917 bits per heavy atom. The molecule has 0 bridgehead atoms. The van der Waals surface area contributed by atoms with Gasteiger partial charge < -0.3 is 4.74 Å². The molecule has 0 aliphatic rings. The molecule has 0 aromatic carbocycles. The summed E-state index contributed by atoms with van der Waals surface area (Å²) in [5, 5.41) is 0. The van der Waals surface area contributed by atoms with Crippen molar-refractivity contribution in [2.24, 2.45) is 0 Å². The second-order valence-corrected chi connectivity index (χ2v) is 4.59. The van der Waals surface area contributed by atoms with Gasteiger partial charge in [0.05, 0.1) is 0 Å². The van der Waals surface area contributed by atoms with E-state index in [0.29, 0.717) is 0 Å². The van der Waals surface area contributed by atoms with E-state index >= 15 is 0 Å². The first-order valence-corrected chi connectivity index (χ1v) is 5.68. The minimum atomic E-state index is -7.23. The minimum absolute atomic E-state index is 0.653. The normalized spacial score (nSPS) is 16.2. The Morgan fingerprint density at radius 2 is 1.33 bits per heavy atom. The van der Waals surface area contributed by atoms with Gasteiger partial charge in [-0.25, -0.2) is 26.7 Å². The molecule has 0 saturated heterocycles. The zero-order chi connectivity index (χ0) is 19.7. The molecule has 1 unspecified atom stereocenters. The summed E-state index contributed by atoms with van der Waals surface area (Å²) in [7, 11) is 0. The first kappa shape index (κ1) is 22.4. The lowest BCUT2D eigenvalue weighted by Crippen LogP contribution is -2.68. The summed E-state index contributed by atoms with van der Waals surface area (Å²) in [5.74, 6) is -22.9. The van der Waals surface area contributed by atoms with Gasteiger partial charge in [-0.1, -0.05) is 6.58 Å². The first-order valence-electron chi connectivity index (χ1n) is 5.68. The summed E-state index contributed by atoms with van der Waals surface area (Å²) < 4.78 is 144. The summed E-state index contributed by atoms with van der Waals surface area (Å²) in [5.41, 5.74) is -6.53. The number of carbonyl (C=O) groups is 1. The van der Waals surface area contributed by atoms with Crippen molar-refractivity contribution in [1.29, 1.82) is 0 Å². The van der Waals surface area contributed by atoms with Crippen molar-refractivity contribution in [2.45, 2.75) is 43.2 Å². The van der Waals surface area contributed by atoms with Gasteiger partial charge >= 0.3 is 30.2 Å². The average Bonchev–Trinajstić information content (AvgIpc) is 2.42. The van der Waals surface area contributed by atoms with Crippen LogP contribution in [0.15, 0.2) is 12.2 Å². The van der Waals surface area contributed by atoms with Gasteiger partial charge in [0, 0.05) is 5.57 Å². The maximum atomic E-state index is 13.7.